The van der Waals surface area contributed by atoms with Crippen molar-refractivity contribution in [3.8, 4) is 0 Å². The molecule has 1 aromatic carbocycles. The van der Waals surface area contributed by atoms with E-state index in [-0.39, 0.29) is 5.39 Å². The van der Waals surface area contributed by atoms with Crippen molar-refractivity contribution in [1.29, 1.82) is 0 Å². The fourth-order valence-corrected chi connectivity index (χ4v) is 2.24. The molecular weight excluding hydrogens is 247 g/mol. The molecular formula is C10H5F5S. The zero-order valence-electron chi connectivity index (χ0n) is 7.68. The second-order valence-corrected chi connectivity index (χ2v) is 4.00. The van der Waals surface area contributed by atoms with Gasteiger partial charge in [0.15, 0.2) is 0 Å². The van der Waals surface area contributed by atoms with Gasteiger partial charge in [0, 0.05) is 10.9 Å². The van der Waals surface area contributed by atoms with Crippen molar-refractivity contribution in [1.82, 2.24) is 0 Å². The van der Waals surface area contributed by atoms with Crippen LogP contribution in [0.1, 0.15) is 5.56 Å². The molecule has 86 valence electrons. The van der Waals surface area contributed by atoms with E-state index >= 15 is 0 Å². The Labute approximate surface area is 91.3 Å². The summed E-state index contributed by atoms with van der Waals surface area (Å²) in [4.78, 5) is 0. The highest BCUT2D eigenvalue weighted by atomic mass is 32.1. The molecule has 0 radical (unpaired) electrons. The van der Waals surface area contributed by atoms with Crippen molar-refractivity contribution >= 4 is 22.1 Å². The first-order chi connectivity index (χ1) is 7.34. The first kappa shape index (κ1) is 11.3. The number of benzene rings is 1. The first-order valence-electron chi connectivity index (χ1n) is 4.24. The minimum absolute atomic E-state index is 0.0465. The third kappa shape index (κ3) is 1.57. The van der Waals surface area contributed by atoms with Gasteiger partial charge in [0.25, 0.3) is 0 Å². The number of hydrogen-bond donors (Lipinski definition) is 0. The summed E-state index contributed by atoms with van der Waals surface area (Å²) >= 11 is 1.09. The highest BCUT2D eigenvalue weighted by molar-refractivity contribution is 7.09. The molecule has 2 rings (SSSR count). The highest BCUT2D eigenvalue weighted by Gasteiger charge is 2.59. The van der Waals surface area contributed by atoms with Crippen molar-refractivity contribution in [3.05, 3.63) is 34.5 Å². The minimum atomic E-state index is -5.57. The van der Waals surface area contributed by atoms with E-state index in [1.807, 2.05) is 0 Å². The van der Waals surface area contributed by atoms with Crippen LogP contribution in [0.5, 0.6) is 0 Å². The first-order valence-corrected chi connectivity index (χ1v) is 5.18. The summed E-state index contributed by atoms with van der Waals surface area (Å²) < 4.78 is 62.9. The molecule has 0 atom stereocenters. The van der Waals surface area contributed by atoms with Crippen LogP contribution in [-0.2, 0) is 5.92 Å². The van der Waals surface area contributed by atoms with Crippen LogP contribution in [0.15, 0.2) is 29.0 Å². The van der Waals surface area contributed by atoms with Gasteiger partial charge in [-0.2, -0.15) is 33.3 Å². The molecule has 0 saturated carbocycles. The number of halogens is 5. The summed E-state index contributed by atoms with van der Waals surface area (Å²) in [6.45, 7) is 0. The summed E-state index contributed by atoms with van der Waals surface area (Å²) in [6, 6.07) is 3.51. The van der Waals surface area contributed by atoms with Crippen molar-refractivity contribution in [2.75, 3.05) is 0 Å². The Hall–Kier alpha value is -1.17. The number of alkyl halides is 5. The Bertz CT molecular complexity index is 511. The fraction of sp³-hybridized carbons (Fsp3) is 0.200. The van der Waals surface area contributed by atoms with E-state index in [1.165, 1.54) is 22.9 Å². The summed E-state index contributed by atoms with van der Waals surface area (Å²) in [5.74, 6) is -4.81. The van der Waals surface area contributed by atoms with Crippen LogP contribution in [0.4, 0.5) is 22.0 Å². The Morgan fingerprint density at radius 3 is 2.25 bits per heavy atom. The molecule has 0 aliphatic heterocycles. The maximum Gasteiger partial charge on any atom is 0.458 e. The lowest BCUT2D eigenvalue weighted by atomic mass is 10.0. The Morgan fingerprint density at radius 1 is 0.938 bits per heavy atom. The third-order valence-corrected chi connectivity index (χ3v) is 2.98. The molecule has 0 nitrogen and oxygen atoms in total. The fourth-order valence-electron chi connectivity index (χ4n) is 1.42. The molecule has 6 heteroatoms. The van der Waals surface area contributed by atoms with E-state index in [2.05, 4.69) is 0 Å². The average Bonchev–Trinajstić information content (AvgIpc) is 2.62. The second kappa shape index (κ2) is 3.41. The highest BCUT2D eigenvalue weighted by Crippen LogP contribution is 2.46. The van der Waals surface area contributed by atoms with Crippen molar-refractivity contribution in [2.24, 2.45) is 0 Å². The summed E-state index contributed by atoms with van der Waals surface area (Å²) in [5.41, 5.74) is -0.987. The molecule has 1 aromatic heterocycles. The van der Waals surface area contributed by atoms with Gasteiger partial charge in [0.1, 0.15) is 0 Å². The Balaban J connectivity index is 2.68. The average molecular weight is 252 g/mol. The van der Waals surface area contributed by atoms with Gasteiger partial charge in [-0.05, 0) is 16.1 Å². The van der Waals surface area contributed by atoms with Gasteiger partial charge in [0.05, 0.1) is 0 Å². The lowest BCUT2D eigenvalue weighted by Gasteiger charge is -2.20. The van der Waals surface area contributed by atoms with Crippen LogP contribution < -0.4 is 0 Å². The van der Waals surface area contributed by atoms with E-state index in [0.29, 0.717) is 5.39 Å². The molecule has 0 aliphatic rings. The molecule has 0 fully saturated rings. The monoisotopic (exact) mass is 252 g/mol. The standard InChI is InChI=1S/C10H5F5S/c11-9(12,10(13,14)15)8-3-1-2-6-4-16-5-7(6)8/h1-5H. The predicted molar refractivity (Wildman–Crippen MR) is 51.8 cm³/mol. The van der Waals surface area contributed by atoms with E-state index in [9.17, 15) is 22.0 Å². The molecule has 0 saturated heterocycles. The second-order valence-electron chi connectivity index (χ2n) is 3.25. The van der Waals surface area contributed by atoms with Crippen LogP contribution >= 0.6 is 11.3 Å². The van der Waals surface area contributed by atoms with Crippen LogP contribution in [-0.4, -0.2) is 6.18 Å². The van der Waals surface area contributed by atoms with Gasteiger partial charge in [-0.1, -0.05) is 18.2 Å². The zero-order chi connectivity index (χ0) is 12.0. The van der Waals surface area contributed by atoms with Gasteiger partial charge in [-0.3, -0.25) is 0 Å². The topological polar surface area (TPSA) is 0 Å². The van der Waals surface area contributed by atoms with E-state index < -0.39 is 17.7 Å². The number of fused-ring (bicyclic) bond motifs is 1. The largest absolute Gasteiger partial charge is 0.458 e. The molecule has 0 aliphatic carbocycles. The molecule has 0 N–H and O–H groups in total. The molecule has 0 amide bonds. The zero-order valence-corrected chi connectivity index (χ0v) is 8.50. The summed E-state index contributed by atoms with van der Waals surface area (Å²) in [5, 5.41) is 3.18. The lowest BCUT2D eigenvalue weighted by Crippen LogP contribution is -2.33. The Kier molecular flexibility index (Phi) is 2.41. The van der Waals surface area contributed by atoms with Crippen LogP contribution in [0.3, 0.4) is 0 Å². The van der Waals surface area contributed by atoms with Crippen LogP contribution in [0.2, 0.25) is 0 Å². The minimum Gasteiger partial charge on any atom is -0.191 e. The molecule has 0 unspecified atom stereocenters. The smallest absolute Gasteiger partial charge is 0.191 e. The van der Waals surface area contributed by atoms with Crippen LogP contribution in [0.25, 0.3) is 10.8 Å². The van der Waals surface area contributed by atoms with Crippen LogP contribution in [0, 0.1) is 0 Å². The molecule has 0 bridgehead atoms. The van der Waals surface area contributed by atoms with Crippen molar-refractivity contribution in [3.63, 3.8) is 0 Å². The van der Waals surface area contributed by atoms with E-state index in [0.717, 1.165) is 17.4 Å². The van der Waals surface area contributed by atoms with Crippen molar-refractivity contribution in [2.45, 2.75) is 12.1 Å². The quantitative estimate of drug-likeness (QED) is 0.653. The number of hydrogen-bond acceptors (Lipinski definition) is 1. The lowest BCUT2D eigenvalue weighted by molar-refractivity contribution is -0.288. The molecule has 1 heterocycles. The maximum atomic E-state index is 13.2. The Morgan fingerprint density at radius 2 is 1.62 bits per heavy atom. The summed E-state index contributed by atoms with van der Waals surface area (Å²) in [7, 11) is 0. The van der Waals surface area contributed by atoms with Gasteiger partial charge < -0.3 is 0 Å². The third-order valence-electron chi connectivity index (χ3n) is 2.22. The summed E-state index contributed by atoms with van der Waals surface area (Å²) in [6.07, 6.45) is -5.57. The van der Waals surface area contributed by atoms with Gasteiger partial charge >= 0.3 is 12.1 Å². The van der Waals surface area contributed by atoms with Gasteiger partial charge in [-0.25, -0.2) is 0 Å². The number of rotatable bonds is 1. The molecule has 0 spiro atoms. The number of thiophene rings is 1. The van der Waals surface area contributed by atoms with Gasteiger partial charge in [-0.15, -0.1) is 0 Å². The predicted octanol–water partition coefficient (Wildman–Crippen LogP) is 4.56. The molecule has 16 heavy (non-hydrogen) atoms. The van der Waals surface area contributed by atoms with E-state index in [1.54, 1.807) is 0 Å². The normalized spacial score (nSPS) is 13.3. The molecule has 2 aromatic rings. The van der Waals surface area contributed by atoms with E-state index in [4.69, 9.17) is 0 Å². The van der Waals surface area contributed by atoms with Gasteiger partial charge in [0.2, 0.25) is 0 Å². The SMILES string of the molecule is FC(F)(F)C(F)(F)c1cccc2cscc12. The maximum absolute atomic E-state index is 13.2. The van der Waals surface area contributed by atoms with Crippen molar-refractivity contribution < 1.29 is 22.0 Å².